The van der Waals surface area contributed by atoms with Gasteiger partial charge >= 0.3 is 6.09 Å². The summed E-state index contributed by atoms with van der Waals surface area (Å²) in [5.41, 5.74) is 2.59. The molecule has 0 spiro atoms. The van der Waals surface area contributed by atoms with Crippen LogP contribution >= 0.6 is 0 Å². The number of aromatic nitrogens is 8. The maximum atomic E-state index is 11.4. The van der Waals surface area contributed by atoms with Gasteiger partial charge in [0.15, 0.2) is 34.0 Å². The average molecular weight is 469 g/mol. The molecule has 13 heteroatoms. The van der Waals surface area contributed by atoms with Crippen molar-refractivity contribution in [2.45, 2.75) is 53.6 Å². The highest BCUT2D eigenvalue weighted by molar-refractivity contribution is 5.95. The molecule has 0 unspecified atom stereocenters. The van der Waals surface area contributed by atoms with Gasteiger partial charge in [-0.1, -0.05) is 0 Å². The van der Waals surface area contributed by atoms with Gasteiger partial charge in [-0.25, -0.2) is 34.7 Å². The number of imidazole rings is 2. The van der Waals surface area contributed by atoms with Crippen molar-refractivity contribution >= 4 is 46.0 Å². The molecule has 13 nitrogen and oxygen atoms in total. The molecule has 0 atom stereocenters. The molecule has 34 heavy (non-hydrogen) atoms. The summed E-state index contributed by atoms with van der Waals surface area (Å²) in [6.45, 7) is 11.6. The van der Waals surface area contributed by atoms with Gasteiger partial charge in [0, 0.05) is 19.0 Å². The Labute approximate surface area is 196 Å². The van der Waals surface area contributed by atoms with Gasteiger partial charge in [0.1, 0.15) is 12.7 Å². The van der Waals surface area contributed by atoms with Crippen molar-refractivity contribution in [2.75, 3.05) is 17.2 Å². The summed E-state index contributed by atoms with van der Waals surface area (Å²) in [5.74, 6) is 0.647. The summed E-state index contributed by atoms with van der Waals surface area (Å²) in [6.07, 6.45) is 5.66. The largest absolute Gasteiger partial charge is 0.450 e. The molecular formula is C21H28N10O3. The van der Waals surface area contributed by atoms with Gasteiger partial charge in [-0.05, 0) is 34.6 Å². The van der Waals surface area contributed by atoms with Crippen molar-refractivity contribution in [1.82, 2.24) is 39.0 Å². The Morgan fingerprint density at radius 1 is 0.824 bits per heavy atom. The number of carbonyl (C=O) groups is 2. The van der Waals surface area contributed by atoms with Gasteiger partial charge in [-0.3, -0.25) is 10.1 Å². The molecule has 4 rings (SSSR count). The van der Waals surface area contributed by atoms with Gasteiger partial charge in [0.2, 0.25) is 5.91 Å². The fraction of sp³-hybridized carbons (Fsp3) is 0.429. The van der Waals surface area contributed by atoms with Crippen molar-refractivity contribution in [3.63, 3.8) is 0 Å². The van der Waals surface area contributed by atoms with E-state index in [2.05, 4.69) is 40.5 Å². The first kappa shape index (κ1) is 24.5. The average Bonchev–Trinajstić information content (AvgIpc) is 3.40. The van der Waals surface area contributed by atoms with Crippen LogP contribution in [0, 0.1) is 0 Å². The van der Waals surface area contributed by atoms with E-state index >= 15 is 0 Å². The second-order valence-electron chi connectivity index (χ2n) is 7.81. The number of nitrogens with zero attached hydrogens (tertiary/aromatic N) is 8. The highest BCUT2D eigenvalue weighted by Gasteiger charge is 2.14. The quantitative estimate of drug-likeness (QED) is 0.448. The van der Waals surface area contributed by atoms with Crippen LogP contribution in [0.25, 0.3) is 22.3 Å². The number of nitrogens with one attached hydrogen (secondary N) is 2. The number of carbonyl (C=O) groups excluding carboxylic acids is 2. The maximum absolute atomic E-state index is 11.4. The van der Waals surface area contributed by atoms with E-state index in [1.54, 1.807) is 19.6 Å². The summed E-state index contributed by atoms with van der Waals surface area (Å²) in [7, 11) is 0. The van der Waals surface area contributed by atoms with Crippen LogP contribution in [0.5, 0.6) is 0 Å². The molecule has 0 radical (unpaired) electrons. The summed E-state index contributed by atoms with van der Waals surface area (Å²) in [6, 6.07) is 0.505. The standard InChI is InChI=1S/C11H15N5O2.C10H13N5O/c1-4-18-11(17)15-9-8-10(13-5-12-9)16(6-14-8)7(2)3;1-6(2)15-5-13-8-9(14-7(3)16)11-4-12-10(8)15/h5-7H,4H2,1-3H3,(H,12,13,15,17);4-6H,1-3H3,(H,11,12,14,16). The molecule has 0 saturated heterocycles. The molecule has 180 valence electrons. The van der Waals surface area contributed by atoms with E-state index in [1.807, 2.05) is 36.8 Å². The summed E-state index contributed by atoms with van der Waals surface area (Å²) in [5, 5.41) is 5.18. The Hall–Kier alpha value is -4.16. The van der Waals surface area contributed by atoms with Crippen LogP contribution in [0.3, 0.4) is 0 Å². The molecule has 0 aromatic carbocycles. The molecule has 0 aliphatic carbocycles. The normalized spacial score (nSPS) is 10.9. The SMILES string of the molecule is CC(=O)Nc1ncnc2c1ncn2C(C)C.CCOC(=O)Nc1ncnc2c1ncn2C(C)C. The van der Waals surface area contributed by atoms with Crippen LogP contribution in [-0.4, -0.2) is 57.6 Å². The van der Waals surface area contributed by atoms with E-state index in [1.165, 1.54) is 19.6 Å². The number of anilines is 2. The number of rotatable bonds is 5. The van der Waals surface area contributed by atoms with Crippen LogP contribution in [0.1, 0.15) is 53.6 Å². The second-order valence-corrected chi connectivity index (χ2v) is 7.81. The molecule has 0 fully saturated rings. The predicted octanol–water partition coefficient (Wildman–Crippen LogP) is 3.34. The molecule has 0 saturated carbocycles. The second kappa shape index (κ2) is 10.6. The predicted molar refractivity (Wildman–Crippen MR) is 126 cm³/mol. The van der Waals surface area contributed by atoms with Gasteiger partial charge < -0.3 is 19.2 Å². The van der Waals surface area contributed by atoms with E-state index in [-0.39, 0.29) is 18.0 Å². The van der Waals surface area contributed by atoms with E-state index in [0.29, 0.717) is 34.9 Å². The third kappa shape index (κ3) is 5.42. The van der Waals surface area contributed by atoms with Gasteiger partial charge in [-0.15, -0.1) is 0 Å². The number of ether oxygens (including phenoxy) is 1. The third-order valence-corrected chi connectivity index (χ3v) is 4.62. The molecule has 2 amide bonds. The van der Waals surface area contributed by atoms with E-state index in [0.717, 1.165) is 5.65 Å². The first-order valence-corrected chi connectivity index (χ1v) is 10.8. The lowest BCUT2D eigenvalue weighted by molar-refractivity contribution is -0.114. The zero-order chi connectivity index (χ0) is 24.8. The Kier molecular flexibility index (Phi) is 7.66. The van der Waals surface area contributed by atoms with Gasteiger partial charge in [0.25, 0.3) is 0 Å². The van der Waals surface area contributed by atoms with Crippen LogP contribution in [-0.2, 0) is 9.53 Å². The lowest BCUT2D eigenvalue weighted by Gasteiger charge is -2.07. The number of hydrogen-bond donors (Lipinski definition) is 2. The summed E-state index contributed by atoms with van der Waals surface area (Å²) >= 11 is 0. The fourth-order valence-electron chi connectivity index (χ4n) is 3.07. The van der Waals surface area contributed by atoms with E-state index in [9.17, 15) is 9.59 Å². The molecule has 4 heterocycles. The van der Waals surface area contributed by atoms with Gasteiger partial charge in [0.05, 0.1) is 19.3 Å². The Bertz CT molecular complexity index is 1290. The van der Waals surface area contributed by atoms with Crippen molar-refractivity contribution in [3.8, 4) is 0 Å². The highest BCUT2D eigenvalue weighted by atomic mass is 16.5. The lowest BCUT2D eigenvalue weighted by Crippen LogP contribution is -2.14. The van der Waals surface area contributed by atoms with E-state index in [4.69, 9.17) is 4.74 Å². The van der Waals surface area contributed by atoms with Crippen molar-refractivity contribution in [2.24, 2.45) is 0 Å². The molecular weight excluding hydrogens is 440 g/mol. The molecule has 4 aromatic rings. The number of amides is 2. The van der Waals surface area contributed by atoms with Crippen LogP contribution in [0.2, 0.25) is 0 Å². The lowest BCUT2D eigenvalue weighted by atomic mass is 10.4. The number of hydrogen-bond acceptors (Lipinski definition) is 9. The first-order chi connectivity index (χ1) is 16.2. The summed E-state index contributed by atoms with van der Waals surface area (Å²) < 4.78 is 8.65. The zero-order valence-corrected chi connectivity index (χ0v) is 20.0. The van der Waals surface area contributed by atoms with Crippen molar-refractivity contribution < 1.29 is 14.3 Å². The van der Waals surface area contributed by atoms with Crippen LogP contribution < -0.4 is 10.6 Å². The topological polar surface area (TPSA) is 155 Å². The molecule has 0 bridgehead atoms. The van der Waals surface area contributed by atoms with Crippen molar-refractivity contribution in [3.05, 3.63) is 25.3 Å². The van der Waals surface area contributed by atoms with E-state index < -0.39 is 6.09 Å². The van der Waals surface area contributed by atoms with Gasteiger partial charge in [-0.2, -0.15) is 0 Å². The molecule has 2 N–H and O–H groups in total. The minimum absolute atomic E-state index is 0.168. The number of fused-ring (bicyclic) bond motifs is 2. The fourth-order valence-corrected chi connectivity index (χ4v) is 3.07. The Balaban J connectivity index is 0.000000192. The maximum Gasteiger partial charge on any atom is 0.412 e. The summed E-state index contributed by atoms with van der Waals surface area (Å²) in [4.78, 5) is 47.1. The minimum atomic E-state index is -0.545. The smallest absolute Gasteiger partial charge is 0.412 e. The zero-order valence-electron chi connectivity index (χ0n) is 20.0. The third-order valence-electron chi connectivity index (χ3n) is 4.62. The minimum Gasteiger partial charge on any atom is -0.450 e. The molecule has 0 aliphatic rings. The first-order valence-electron chi connectivity index (χ1n) is 10.8. The Morgan fingerprint density at radius 3 is 1.71 bits per heavy atom. The Morgan fingerprint density at radius 2 is 1.29 bits per heavy atom. The molecule has 4 aromatic heterocycles. The monoisotopic (exact) mass is 468 g/mol. The van der Waals surface area contributed by atoms with Crippen LogP contribution in [0.4, 0.5) is 16.4 Å². The van der Waals surface area contributed by atoms with Crippen LogP contribution in [0.15, 0.2) is 25.3 Å². The van der Waals surface area contributed by atoms with Crippen molar-refractivity contribution in [1.29, 1.82) is 0 Å². The highest BCUT2D eigenvalue weighted by Crippen LogP contribution is 2.21. The molecule has 0 aliphatic heterocycles.